The average Bonchev–Trinajstić information content (AvgIpc) is 2.30. The van der Waals surface area contributed by atoms with Crippen LogP contribution in [0, 0.1) is 20.8 Å². The van der Waals surface area contributed by atoms with Crippen molar-refractivity contribution in [2.75, 3.05) is 5.73 Å². The molecule has 0 atom stereocenters. The highest BCUT2D eigenvalue weighted by Crippen LogP contribution is 2.27. The zero-order valence-corrected chi connectivity index (χ0v) is 10.3. The molecule has 0 bridgehead atoms. The van der Waals surface area contributed by atoms with Crippen LogP contribution in [0.5, 0.6) is 11.5 Å². The zero-order valence-electron chi connectivity index (χ0n) is 10.3. The van der Waals surface area contributed by atoms with E-state index in [4.69, 9.17) is 10.5 Å². The van der Waals surface area contributed by atoms with Crippen LogP contribution in [0.3, 0.4) is 0 Å². The van der Waals surface area contributed by atoms with E-state index in [0.29, 0.717) is 0 Å². The number of ether oxygens (including phenoxy) is 1. The molecular formula is C14H16N2O. The van der Waals surface area contributed by atoms with Gasteiger partial charge in [0.25, 0.3) is 0 Å². The van der Waals surface area contributed by atoms with Crippen LogP contribution in [-0.4, -0.2) is 4.98 Å². The average molecular weight is 228 g/mol. The molecule has 3 nitrogen and oxygen atoms in total. The summed E-state index contributed by atoms with van der Waals surface area (Å²) in [4.78, 5) is 4.21. The van der Waals surface area contributed by atoms with Gasteiger partial charge in [-0.15, -0.1) is 0 Å². The van der Waals surface area contributed by atoms with Gasteiger partial charge >= 0.3 is 0 Å². The standard InChI is InChI=1S/C14H16N2O/c1-9-8-12(4-5-13(9)15)17-14-6-7-16-11(3)10(14)2/h4-8H,15H2,1-3H3. The number of pyridine rings is 1. The fraction of sp³-hybridized carbons (Fsp3) is 0.214. The second-order valence-electron chi connectivity index (χ2n) is 4.14. The van der Waals surface area contributed by atoms with E-state index < -0.39 is 0 Å². The van der Waals surface area contributed by atoms with E-state index >= 15 is 0 Å². The molecule has 1 aromatic carbocycles. The molecule has 0 aliphatic rings. The van der Waals surface area contributed by atoms with Crippen LogP contribution in [0.2, 0.25) is 0 Å². The molecule has 0 aliphatic carbocycles. The molecule has 1 heterocycles. The Morgan fingerprint density at radius 3 is 2.59 bits per heavy atom. The molecule has 0 unspecified atom stereocenters. The van der Waals surface area contributed by atoms with E-state index in [0.717, 1.165) is 34.0 Å². The van der Waals surface area contributed by atoms with Gasteiger partial charge in [-0.25, -0.2) is 0 Å². The van der Waals surface area contributed by atoms with Crippen molar-refractivity contribution in [2.45, 2.75) is 20.8 Å². The highest BCUT2D eigenvalue weighted by atomic mass is 16.5. The molecule has 2 aromatic rings. The summed E-state index contributed by atoms with van der Waals surface area (Å²) in [5.74, 6) is 1.63. The predicted molar refractivity (Wildman–Crippen MR) is 69.4 cm³/mol. The maximum atomic E-state index is 5.83. The Morgan fingerprint density at radius 1 is 1.12 bits per heavy atom. The molecule has 88 valence electrons. The molecule has 1 aromatic heterocycles. The topological polar surface area (TPSA) is 48.1 Å². The van der Waals surface area contributed by atoms with Crippen LogP contribution >= 0.6 is 0 Å². The van der Waals surface area contributed by atoms with Gasteiger partial charge in [-0.05, 0) is 50.6 Å². The summed E-state index contributed by atoms with van der Waals surface area (Å²) in [6.45, 7) is 5.94. The molecule has 0 radical (unpaired) electrons. The number of hydrogen-bond donors (Lipinski definition) is 1. The van der Waals surface area contributed by atoms with E-state index in [2.05, 4.69) is 4.98 Å². The minimum absolute atomic E-state index is 0.778. The van der Waals surface area contributed by atoms with E-state index in [1.807, 2.05) is 45.0 Å². The van der Waals surface area contributed by atoms with Crippen molar-refractivity contribution in [1.29, 1.82) is 0 Å². The highest BCUT2D eigenvalue weighted by molar-refractivity contribution is 5.50. The van der Waals surface area contributed by atoms with Crippen LogP contribution < -0.4 is 10.5 Å². The minimum atomic E-state index is 0.778. The number of anilines is 1. The van der Waals surface area contributed by atoms with Gasteiger partial charge in [0.2, 0.25) is 0 Å². The maximum Gasteiger partial charge on any atom is 0.133 e. The molecule has 0 amide bonds. The molecule has 0 saturated carbocycles. The quantitative estimate of drug-likeness (QED) is 0.801. The summed E-state index contributed by atoms with van der Waals surface area (Å²) in [6.07, 6.45) is 1.75. The first-order chi connectivity index (χ1) is 8.08. The first kappa shape index (κ1) is 11.5. The Bertz CT molecular complexity index is 550. The number of aryl methyl sites for hydroxylation is 2. The van der Waals surface area contributed by atoms with Gasteiger partial charge in [0.15, 0.2) is 0 Å². The Balaban J connectivity index is 2.31. The third kappa shape index (κ3) is 2.38. The molecule has 3 heteroatoms. The number of aromatic nitrogens is 1. The Hall–Kier alpha value is -2.03. The van der Waals surface area contributed by atoms with Gasteiger partial charge in [-0.2, -0.15) is 0 Å². The molecule has 2 rings (SSSR count). The molecule has 0 fully saturated rings. The molecule has 0 saturated heterocycles. The monoisotopic (exact) mass is 228 g/mol. The third-order valence-electron chi connectivity index (χ3n) is 2.88. The largest absolute Gasteiger partial charge is 0.457 e. The van der Waals surface area contributed by atoms with Crippen molar-refractivity contribution in [2.24, 2.45) is 0 Å². The molecule has 0 aliphatic heterocycles. The molecule has 17 heavy (non-hydrogen) atoms. The SMILES string of the molecule is Cc1cc(Oc2ccnc(C)c2C)ccc1N. The fourth-order valence-electron chi connectivity index (χ4n) is 1.57. The van der Waals surface area contributed by atoms with Crippen LogP contribution in [-0.2, 0) is 0 Å². The van der Waals surface area contributed by atoms with Gasteiger partial charge in [0.1, 0.15) is 11.5 Å². The maximum absolute atomic E-state index is 5.83. The number of benzene rings is 1. The predicted octanol–water partition coefficient (Wildman–Crippen LogP) is 3.38. The summed E-state index contributed by atoms with van der Waals surface area (Å²) >= 11 is 0. The van der Waals surface area contributed by atoms with Crippen LogP contribution in [0.25, 0.3) is 0 Å². The minimum Gasteiger partial charge on any atom is -0.457 e. The van der Waals surface area contributed by atoms with E-state index in [1.54, 1.807) is 6.20 Å². The van der Waals surface area contributed by atoms with Crippen LogP contribution in [0.1, 0.15) is 16.8 Å². The number of nitrogens with two attached hydrogens (primary N) is 1. The second-order valence-corrected chi connectivity index (χ2v) is 4.14. The van der Waals surface area contributed by atoms with Crippen molar-refractivity contribution in [3.05, 3.63) is 47.3 Å². The highest BCUT2D eigenvalue weighted by Gasteiger charge is 2.05. The van der Waals surface area contributed by atoms with Crippen LogP contribution in [0.15, 0.2) is 30.5 Å². The third-order valence-corrected chi connectivity index (χ3v) is 2.88. The summed E-state index contributed by atoms with van der Waals surface area (Å²) in [7, 11) is 0. The smallest absolute Gasteiger partial charge is 0.133 e. The summed E-state index contributed by atoms with van der Waals surface area (Å²) in [5.41, 5.74) is 9.61. The normalized spacial score (nSPS) is 10.3. The lowest BCUT2D eigenvalue weighted by Gasteiger charge is -2.11. The summed E-state index contributed by atoms with van der Waals surface area (Å²) in [5, 5.41) is 0. The molecular weight excluding hydrogens is 212 g/mol. The van der Waals surface area contributed by atoms with Crippen molar-refractivity contribution in [3.8, 4) is 11.5 Å². The number of rotatable bonds is 2. The summed E-state index contributed by atoms with van der Waals surface area (Å²) in [6, 6.07) is 7.53. The van der Waals surface area contributed by atoms with E-state index in [-0.39, 0.29) is 0 Å². The van der Waals surface area contributed by atoms with Crippen molar-refractivity contribution < 1.29 is 4.74 Å². The van der Waals surface area contributed by atoms with Gasteiger partial charge in [-0.3, -0.25) is 4.98 Å². The van der Waals surface area contributed by atoms with Gasteiger partial charge in [0.05, 0.1) is 0 Å². The molecule has 2 N–H and O–H groups in total. The van der Waals surface area contributed by atoms with Crippen molar-refractivity contribution in [3.63, 3.8) is 0 Å². The first-order valence-corrected chi connectivity index (χ1v) is 5.54. The first-order valence-electron chi connectivity index (χ1n) is 5.54. The Morgan fingerprint density at radius 2 is 1.88 bits per heavy atom. The van der Waals surface area contributed by atoms with Gasteiger partial charge < -0.3 is 10.5 Å². The number of nitrogens with zero attached hydrogens (tertiary/aromatic N) is 1. The fourth-order valence-corrected chi connectivity index (χ4v) is 1.57. The Labute approximate surface area is 101 Å². The number of nitrogen functional groups attached to an aromatic ring is 1. The number of hydrogen-bond acceptors (Lipinski definition) is 3. The van der Waals surface area contributed by atoms with Crippen molar-refractivity contribution in [1.82, 2.24) is 4.98 Å². The molecule has 0 spiro atoms. The van der Waals surface area contributed by atoms with Gasteiger partial charge in [0, 0.05) is 23.1 Å². The zero-order chi connectivity index (χ0) is 12.4. The lowest BCUT2D eigenvalue weighted by atomic mass is 10.2. The van der Waals surface area contributed by atoms with Gasteiger partial charge in [-0.1, -0.05) is 0 Å². The van der Waals surface area contributed by atoms with Crippen LogP contribution in [0.4, 0.5) is 5.69 Å². The Kier molecular flexibility index (Phi) is 3.00. The summed E-state index contributed by atoms with van der Waals surface area (Å²) < 4.78 is 5.83. The second kappa shape index (κ2) is 4.45. The lowest BCUT2D eigenvalue weighted by Crippen LogP contribution is -1.94. The van der Waals surface area contributed by atoms with Crippen molar-refractivity contribution >= 4 is 5.69 Å². The van der Waals surface area contributed by atoms with E-state index in [1.165, 1.54) is 0 Å². The van der Waals surface area contributed by atoms with E-state index in [9.17, 15) is 0 Å². The lowest BCUT2D eigenvalue weighted by molar-refractivity contribution is 0.477.